The highest BCUT2D eigenvalue weighted by Gasteiger charge is 2.13. The molecule has 6 heteroatoms. The van der Waals surface area contributed by atoms with Crippen LogP contribution in [0.4, 0.5) is 11.4 Å². The third kappa shape index (κ3) is 6.06. The predicted octanol–water partition coefficient (Wildman–Crippen LogP) is 3.22. The number of benzene rings is 2. The summed E-state index contributed by atoms with van der Waals surface area (Å²) in [6.07, 6.45) is 3.35. The largest absolute Gasteiger partial charge is 0.372 e. The van der Waals surface area contributed by atoms with Crippen LogP contribution in [0.25, 0.3) is 0 Å². The summed E-state index contributed by atoms with van der Waals surface area (Å²) >= 11 is 0. The van der Waals surface area contributed by atoms with Crippen molar-refractivity contribution in [2.75, 3.05) is 50.5 Å². The number of hydrogen-bond donors (Lipinski definition) is 2. The molecule has 1 fully saturated rings. The Bertz CT molecular complexity index is 827. The van der Waals surface area contributed by atoms with E-state index in [1.807, 2.05) is 38.4 Å². The third-order valence-electron chi connectivity index (χ3n) is 5.05. The van der Waals surface area contributed by atoms with Crippen molar-refractivity contribution in [2.24, 2.45) is 0 Å². The second kappa shape index (κ2) is 10.1. The van der Waals surface area contributed by atoms with Crippen LogP contribution in [-0.4, -0.2) is 57.0 Å². The molecule has 0 aliphatic carbocycles. The zero-order chi connectivity index (χ0) is 20.6. The van der Waals surface area contributed by atoms with Crippen molar-refractivity contribution in [3.63, 3.8) is 0 Å². The molecular formula is C23H30N4O2. The molecular weight excluding hydrogens is 364 g/mol. The van der Waals surface area contributed by atoms with Gasteiger partial charge in [0.15, 0.2) is 0 Å². The number of carbonyl (C=O) groups excluding carboxylic acids is 2. The van der Waals surface area contributed by atoms with Crippen LogP contribution < -0.4 is 15.5 Å². The quantitative estimate of drug-likeness (QED) is 0.675. The number of rotatable bonds is 8. The Kier molecular flexibility index (Phi) is 7.25. The van der Waals surface area contributed by atoms with Crippen LogP contribution >= 0.6 is 0 Å². The monoisotopic (exact) mass is 394 g/mol. The summed E-state index contributed by atoms with van der Waals surface area (Å²) in [4.78, 5) is 29.4. The number of carbonyl (C=O) groups is 2. The summed E-state index contributed by atoms with van der Waals surface area (Å²) in [6.45, 7) is 3.71. The molecule has 2 aromatic rings. The lowest BCUT2D eigenvalue weighted by molar-refractivity contribution is 0.0952. The predicted molar refractivity (Wildman–Crippen MR) is 118 cm³/mol. The zero-order valence-corrected chi connectivity index (χ0v) is 17.3. The maximum atomic E-state index is 12.6. The minimum atomic E-state index is -0.221. The molecule has 0 spiro atoms. The Labute approximate surface area is 172 Å². The van der Waals surface area contributed by atoms with Gasteiger partial charge in [0.1, 0.15) is 0 Å². The van der Waals surface area contributed by atoms with E-state index in [2.05, 4.69) is 20.4 Å². The Hall–Kier alpha value is -2.86. The molecule has 1 aliphatic rings. The average molecular weight is 395 g/mol. The van der Waals surface area contributed by atoms with Gasteiger partial charge in [-0.3, -0.25) is 9.59 Å². The first-order valence-electron chi connectivity index (χ1n) is 10.2. The molecule has 1 saturated heterocycles. The molecule has 1 heterocycles. The fourth-order valence-corrected chi connectivity index (χ4v) is 3.44. The van der Waals surface area contributed by atoms with Gasteiger partial charge in [-0.2, -0.15) is 0 Å². The SMILES string of the molecule is CN(C)CCCNC(=O)c1cccc(C(=O)Nc2ccc(N3CCCC3)cc2)c1. The smallest absolute Gasteiger partial charge is 0.255 e. The molecule has 0 unspecified atom stereocenters. The molecule has 2 amide bonds. The topological polar surface area (TPSA) is 64.7 Å². The zero-order valence-electron chi connectivity index (χ0n) is 17.3. The molecule has 0 aromatic heterocycles. The van der Waals surface area contributed by atoms with E-state index < -0.39 is 0 Å². The van der Waals surface area contributed by atoms with E-state index >= 15 is 0 Å². The van der Waals surface area contributed by atoms with Crippen molar-refractivity contribution < 1.29 is 9.59 Å². The van der Waals surface area contributed by atoms with Crippen LogP contribution in [-0.2, 0) is 0 Å². The maximum Gasteiger partial charge on any atom is 0.255 e. The van der Waals surface area contributed by atoms with Gasteiger partial charge < -0.3 is 20.4 Å². The summed E-state index contributed by atoms with van der Waals surface area (Å²) in [5.74, 6) is -0.380. The molecule has 0 saturated carbocycles. The minimum Gasteiger partial charge on any atom is -0.372 e. The minimum absolute atomic E-state index is 0.159. The lowest BCUT2D eigenvalue weighted by Gasteiger charge is -2.17. The normalized spacial score (nSPS) is 13.6. The first-order valence-corrected chi connectivity index (χ1v) is 10.2. The van der Waals surface area contributed by atoms with Crippen LogP contribution in [0.2, 0.25) is 0 Å². The Morgan fingerprint density at radius 3 is 2.28 bits per heavy atom. The highest BCUT2D eigenvalue weighted by molar-refractivity contribution is 6.06. The fraction of sp³-hybridized carbons (Fsp3) is 0.391. The molecule has 2 aromatic carbocycles. The summed E-state index contributed by atoms with van der Waals surface area (Å²) in [6, 6.07) is 14.7. The molecule has 0 radical (unpaired) electrons. The van der Waals surface area contributed by atoms with Gasteiger partial charge in [0.05, 0.1) is 0 Å². The van der Waals surface area contributed by atoms with Crippen LogP contribution in [0.1, 0.15) is 40.0 Å². The Morgan fingerprint density at radius 2 is 1.62 bits per heavy atom. The molecule has 0 atom stereocenters. The lowest BCUT2D eigenvalue weighted by atomic mass is 10.1. The summed E-state index contributed by atoms with van der Waals surface area (Å²) in [7, 11) is 4.01. The standard InChI is InChI=1S/C23H30N4O2/c1-26(2)14-6-13-24-22(28)18-7-5-8-19(17-18)23(29)25-20-9-11-21(12-10-20)27-15-3-4-16-27/h5,7-12,17H,3-4,6,13-16H2,1-2H3,(H,24,28)(H,25,29). The fourth-order valence-electron chi connectivity index (χ4n) is 3.44. The average Bonchev–Trinajstić information content (AvgIpc) is 3.26. The van der Waals surface area contributed by atoms with Gasteiger partial charge in [-0.15, -0.1) is 0 Å². The van der Waals surface area contributed by atoms with Crippen LogP contribution in [0.15, 0.2) is 48.5 Å². The van der Waals surface area contributed by atoms with E-state index in [0.717, 1.165) is 31.7 Å². The first-order chi connectivity index (χ1) is 14.0. The van der Waals surface area contributed by atoms with Gasteiger partial charge in [-0.1, -0.05) is 6.07 Å². The van der Waals surface area contributed by atoms with Crippen molar-refractivity contribution in [1.82, 2.24) is 10.2 Å². The van der Waals surface area contributed by atoms with Gasteiger partial charge >= 0.3 is 0 Å². The van der Waals surface area contributed by atoms with E-state index in [0.29, 0.717) is 17.7 Å². The van der Waals surface area contributed by atoms with E-state index in [-0.39, 0.29) is 11.8 Å². The second-order valence-corrected chi connectivity index (χ2v) is 7.69. The van der Waals surface area contributed by atoms with E-state index in [4.69, 9.17) is 0 Å². The van der Waals surface area contributed by atoms with Gasteiger partial charge in [0.2, 0.25) is 0 Å². The third-order valence-corrected chi connectivity index (χ3v) is 5.05. The highest BCUT2D eigenvalue weighted by atomic mass is 16.2. The number of anilines is 2. The Morgan fingerprint density at radius 1 is 0.966 bits per heavy atom. The second-order valence-electron chi connectivity index (χ2n) is 7.69. The van der Waals surface area contributed by atoms with Crippen molar-refractivity contribution >= 4 is 23.2 Å². The number of hydrogen-bond acceptors (Lipinski definition) is 4. The van der Waals surface area contributed by atoms with Gasteiger partial charge in [0, 0.05) is 42.1 Å². The van der Waals surface area contributed by atoms with E-state index in [1.54, 1.807) is 24.3 Å². The molecule has 2 N–H and O–H groups in total. The summed E-state index contributed by atoms with van der Waals surface area (Å²) in [5, 5.41) is 5.81. The van der Waals surface area contributed by atoms with Crippen molar-refractivity contribution in [3.8, 4) is 0 Å². The highest BCUT2D eigenvalue weighted by Crippen LogP contribution is 2.22. The van der Waals surface area contributed by atoms with Gasteiger partial charge in [-0.05, 0) is 82.4 Å². The van der Waals surface area contributed by atoms with Crippen LogP contribution in [0, 0.1) is 0 Å². The molecule has 154 valence electrons. The van der Waals surface area contributed by atoms with Crippen LogP contribution in [0.3, 0.4) is 0 Å². The van der Waals surface area contributed by atoms with Crippen molar-refractivity contribution in [1.29, 1.82) is 0 Å². The molecule has 29 heavy (non-hydrogen) atoms. The van der Waals surface area contributed by atoms with E-state index in [1.165, 1.54) is 18.5 Å². The number of nitrogens with one attached hydrogen (secondary N) is 2. The first kappa shape index (κ1) is 20.9. The maximum absolute atomic E-state index is 12.6. The number of nitrogens with zero attached hydrogens (tertiary/aromatic N) is 2. The molecule has 1 aliphatic heterocycles. The summed E-state index contributed by atoms with van der Waals surface area (Å²) in [5.41, 5.74) is 2.89. The molecule has 3 rings (SSSR count). The van der Waals surface area contributed by atoms with Crippen LogP contribution in [0.5, 0.6) is 0 Å². The van der Waals surface area contributed by atoms with Crippen molar-refractivity contribution in [3.05, 3.63) is 59.7 Å². The van der Waals surface area contributed by atoms with E-state index in [9.17, 15) is 9.59 Å². The molecule has 0 bridgehead atoms. The van der Waals surface area contributed by atoms with Gasteiger partial charge in [0.25, 0.3) is 11.8 Å². The summed E-state index contributed by atoms with van der Waals surface area (Å²) < 4.78 is 0. The lowest BCUT2D eigenvalue weighted by Crippen LogP contribution is -2.27. The number of amides is 2. The molecule has 6 nitrogen and oxygen atoms in total. The Balaban J connectivity index is 1.56. The van der Waals surface area contributed by atoms with Gasteiger partial charge in [-0.25, -0.2) is 0 Å². The van der Waals surface area contributed by atoms with Crippen molar-refractivity contribution in [2.45, 2.75) is 19.3 Å².